The summed E-state index contributed by atoms with van der Waals surface area (Å²) in [6.45, 7) is 2.16. The zero-order chi connectivity index (χ0) is 14.8. The van der Waals surface area contributed by atoms with Crippen molar-refractivity contribution >= 4 is 76.2 Å². The molecule has 0 amide bonds. The molecule has 3 aromatic carbocycles. The largest absolute Gasteiger partial charge is 0.281 e. The highest BCUT2D eigenvalue weighted by molar-refractivity contribution is 14.1. The molecule has 0 saturated carbocycles. The van der Waals surface area contributed by atoms with Crippen LogP contribution in [0.25, 0.3) is 42.0 Å². The molecule has 5 aromatic rings. The third-order valence-electron chi connectivity index (χ3n) is 4.37. The molecule has 0 fully saturated rings. The molecule has 0 N–H and O–H groups in total. The maximum Gasteiger partial charge on any atom is 0.0683 e. The van der Waals surface area contributed by atoms with Gasteiger partial charge in [-0.2, -0.15) is 0 Å². The molecule has 0 aliphatic carbocycles. The van der Waals surface area contributed by atoms with E-state index in [1.165, 1.54) is 47.5 Å². The second kappa shape index (κ2) is 4.46. The standard InChI is InChI=1S/C19H12INS/c1-11-6-8-15-14(10-11)12-7-9-17-18(19(12)21(15)20)13-4-2-3-5-16(13)22-17/h2-10H,1H3. The van der Waals surface area contributed by atoms with E-state index in [0.29, 0.717) is 0 Å². The van der Waals surface area contributed by atoms with Gasteiger partial charge < -0.3 is 0 Å². The first-order chi connectivity index (χ1) is 10.7. The first kappa shape index (κ1) is 12.9. The highest BCUT2D eigenvalue weighted by Crippen LogP contribution is 2.42. The lowest BCUT2D eigenvalue weighted by molar-refractivity contribution is 1.47. The summed E-state index contributed by atoms with van der Waals surface area (Å²) in [5.41, 5.74) is 3.95. The molecule has 0 bridgehead atoms. The molecule has 0 saturated heterocycles. The van der Waals surface area contributed by atoms with E-state index in [4.69, 9.17) is 0 Å². The predicted octanol–water partition coefficient (Wildman–Crippen LogP) is 6.67. The van der Waals surface area contributed by atoms with Crippen molar-refractivity contribution in [1.82, 2.24) is 2.78 Å². The summed E-state index contributed by atoms with van der Waals surface area (Å²) >= 11 is 4.32. The quantitative estimate of drug-likeness (QED) is 0.250. The Morgan fingerprint density at radius 1 is 0.864 bits per heavy atom. The number of benzene rings is 3. The summed E-state index contributed by atoms with van der Waals surface area (Å²) in [6, 6.07) is 20.0. The van der Waals surface area contributed by atoms with E-state index >= 15 is 0 Å². The molecule has 0 radical (unpaired) electrons. The average Bonchev–Trinajstić information content (AvgIpc) is 3.03. The van der Waals surface area contributed by atoms with Crippen LogP contribution in [0, 0.1) is 6.92 Å². The van der Waals surface area contributed by atoms with Crippen molar-refractivity contribution in [2.45, 2.75) is 6.92 Å². The fourth-order valence-electron chi connectivity index (χ4n) is 3.38. The van der Waals surface area contributed by atoms with E-state index in [1.807, 2.05) is 11.3 Å². The smallest absolute Gasteiger partial charge is 0.0683 e. The van der Waals surface area contributed by atoms with Crippen LogP contribution >= 0.6 is 34.2 Å². The predicted molar refractivity (Wildman–Crippen MR) is 106 cm³/mol. The zero-order valence-electron chi connectivity index (χ0n) is 11.9. The van der Waals surface area contributed by atoms with E-state index < -0.39 is 0 Å². The Hall–Kier alpha value is -1.59. The van der Waals surface area contributed by atoms with Gasteiger partial charge in [-0.05, 0) is 31.2 Å². The maximum absolute atomic E-state index is 2.44. The summed E-state index contributed by atoms with van der Waals surface area (Å²) < 4.78 is 5.05. The molecule has 22 heavy (non-hydrogen) atoms. The van der Waals surface area contributed by atoms with Crippen molar-refractivity contribution in [1.29, 1.82) is 0 Å². The van der Waals surface area contributed by atoms with E-state index in [2.05, 4.69) is 87.2 Å². The van der Waals surface area contributed by atoms with Crippen LogP contribution in [0.15, 0.2) is 54.6 Å². The lowest BCUT2D eigenvalue weighted by Gasteiger charge is -1.98. The van der Waals surface area contributed by atoms with E-state index in [-0.39, 0.29) is 0 Å². The third kappa shape index (κ3) is 1.58. The van der Waals surface area contributed by atoms with Crippen LogP contribution < -0.4 is 0 Å². The van der Waals surface area contributed by atoms with Gasteiger partial charge in [0, 0.05) is 30.9 Å². The lowest BCUT2D eigenvalue weighted by Crippen LogP contribution is -1.79. The van der Waals surface area contributed by atoms with E-state index in [0.717, 1.165) is 0 Å². The number of halogens is 1. The molecule has 2 aromatic heterocycles. The van der Waals surface area contributed by atoms with Gasteiger partial charge in [-0.15, -0.1) is 11.3 Å². The van der Waals surface area contributed by atoms with Crippen LogP contribution in [0.5, 0.6) is 0 Å². The SMILES string of the molecule is Cc1ccc2c(c1)c1ccc3sc4ccccc4c3c1n2I. The van der Waals surface area contributed by atoms with Gasteiger partial charge in [0.15, 0.2) is 0 Å². The van der Waals surface area contributed by atoms with Crippen LogP contribution in [0.3, 0.4) is 0 Å². The molecule has 0 aliphatic heterocycles. The number of hydrogen-bond donors (Lipinski definition) is 0. The van der Waals surface area contributed by atoms with Gasteiger partial charge >= 0.3 is 0 Å². The minimum atomic E-state index is 1.30. The van der Waals surface area contributed by atoms with Crippen molar-refractivity contribution in [2.75, 3.05) is 0 Å². The molecular weight excluding hydrogens is 401 g/mol. The van der Waals surface area contributed by atoms with Crippen molar-refractivity contribution in [3.8, 4) is 0 Å². The molecule has 3 heteroatoms. The molecule has 106 valence electrons. The van der Waals surface area contributed by atoms with Crippen molar-refractivity contribution < 1.29 is 0 Å². The average molecular weight is 413 g/mol. The number of aromatic nitrogens is 1. The van der Waals surface area contributed by atoms with Crippen molar-refractivity contribution in [3.63, 3.8) is 0 Å². The van der Waals surface area contributed by atoms with Crippen LogP contribution in [-0.4, -0.2) is 2.78 Å². The Morgan fingerprint density at radius 2 is 1.73 bits per heavy atom. The summed E-state index contributed by atoms with van der Waals surface area (Å²) in [6.07, 6.45) is 0. The Morgan fingerprint density at radius 3 is 2.64 bits per heavy atom. The van der Waals surface area contributed by atoms with E-state index in [1.54, 1.807) is 0 Å². The Labute approximate surface area is 145 Å². The molecule has 1 nitrogen and oxygen atoms in total. The first-order valence-corrected chi connectivity index (χ1v) is 9.03. The third-order valence-corrected chi connectivity index (χ3v) is 6.50. The van der Waals surface area contributed by atoms with Gasteiger partial charge in [-0.25, -0.2) is 0 Å². The molecule has 0 unspecified atom stereocenters. The Bertz CT molecular complexity index is 1200. The molecule has 2 heterocycles. The topological polar surface area (TPSA) is 4.93 Å². The number of thiophene rings is 1. The second-order valence-electron chi connectivity index (χ2n) is 5.73. The van der Waals surface area contributed by atoms with Crippen LogP contribution in [0.2, 0.25) is 0 Å². The number of rotatable bonds is 0. The number of hydrogen-bond acceptors (Lipinski definition) is 1. The lowest BCUT2D eigenvalue weighted by atomic mass is 10.1. The summed E-state index contributed by atoms with van der Waals surface area (Å²) in [5.74, 6) is 0. The second-order valence-corrected chi connectivity index (χ2v) is 7.78. The van der Waals surface area contributed by atoms with Gasteiger partial charge in [0.05, 0.1) is 33.9 Å². The summed E-state index contributed by atoms with van der Waals surface area (Å²) in [5, 5.41) is 5.46. The fraction of sp³-hybridized carbons (Fsp3) is 0.0526. The van der Waals surface area contributed by atoms with Gasteiger partial charge in [-0.1, -0.05) is 35.9 Å². The van der Waals surface area contributed by atoms with Gasteiger partial charge in [-0.3, -0.25) is 2.78 Å². The van der Waals surface area contributed by atoms with Crippen LogP contribution in [0.4, 0.5) is 0 Å². The maximum atomic E-state index is 2.44. The zero-order valence-corrected chi connectivity index (χ0v) is 14.9. The van der Waals surface area contributed by atoms with Gasteiger partial charge in [0.1, 0.15) is 0 Å². The highest BCUT2D eigenvalue weighted by atomic mass is 127. The normalized spacial score (nSPS) is 12.1. The number of fused-ring (bicyclic) bond motifs is 7. The Balaban J connectivity index is 2.15. The molecule has 0 atom stereocenters. The number of aryl methyl sites for hydroxylation is 1. The highest BCUT2D eigenvalue weighted by Gasteiger charge is 2.15. The minimum Gasteiger partial charge on any atom is -0.281 e. The molecular formula is C19H12INS. The summed E-state index contributed by atoms with van der Waals surface area (Å²) in [7, 11) is 0. The summed E-state index contributed by atoms with van der Waals surface area (Å²) in [4.78, 5) is 0. The molecule has 5 rings (SSSR count). The van der Waals surface area contributed by atoms with Crippen LogP contribution in [0.1, 0.15) is 5.56 Å². The van der Waals surface area contributed by atoms with E-state index in [9.17, 15) is 0 Å². The number of nitrogens with zero attached hydrogens (tertiary/aromatic N) is 1. The van der Waals surface area contributed by atoms with Crippen LogP contribution in [-0.2, 0) is 0 Å². The van der Waals surface area contributed by atoms with Gasteiger partial charge in [0.25, 0.3) is 0 Å². The monoisotopic (exact) mass is 413 g/mol. The Kier molecular flexibility index (Phi) is 2.62. The molecule has 0 spiro atoms. The first-order valence-electron chi connectivity index (χ1n) is 7.25. The van der Waals surface area contributed by atoms with Gasteiger partial charge in [0.2, 0.25) is 0 Å². The minimum absolute atomic E-state index is 1.30. The van der Waals surface area contributed by atoms with Crippen molar-refractivity contribution in [3.05, 3.63) is 60.2 Å². The molecule has 0 aliphatic rings. The van der Waals surface area contributed by atoms with Crippen molar-refractivity contribution in [2.24, 2.45) is 0 Å². The fourth-order valence-corrected chi connectivity index (χ4v) is 5.41.